The number of nitrogens with zero attached hydrogens (tertiary/aromatic N) is 3. The molecule has 2 aromatic rings. The smallest absolute Gasteiger partial charge is 0.273 e. The van der Waals surface area contributed by atoms with Gasteiger partial charge < -0.3 is 16.0 Å². The lowest BCUT2D eigenvalue weighted by atomic mass is 9.95. The maximum absolute atomic E-state index is 12.9. The summed E-state index contributed by atoms with van der Waals surface area (Å²) < 4.78 is 0. The minimum atomic E-state index is -0.193. The molecule has 3 atom stereocenters. The minimum absolute atomic E-state index is 0.00474. The molecule has 4 rings (SSSR count). The monoisotopic (exact) mass is 382 g/mol. The van der Waals surface area contributed by atoms with Crippen LogP contribution in [0.3, 0.4) is 0 Å². The van der Waals surface area contributed by atoms with Crippen LogP contribution in [0.15, 0.2) is 24.4 Å². The van der Waals surface area contributed by atoms with Gasteiger partial charge in [-0.1, -0.05) is 13.8 Å². The molecule has 4 heterocycles. The average molecular weight is 382 g/mol. The Kier molecular flexibility index (Phi) is 4.78. The van der Waals surface area contributed by atoms with Gasteiger partial charge in [0.05, 0.1) is 24.0 Å². The van der Waals surface area contributed by atoms with E-state index in [1.807, 2.05) is 11.0 Å². The normalized spacial score (nSPS) is 23.4. The first-order valence-electron chi connectivity index (χ1n) is 9.81. The van der Waals surface area contributed by atoms with Crippen molar-refractivity contribution in [1.29, 1.82) is 0 Å². The molecule has 2 bridgehead atoms. The zero-order valence-corrected chi connectivity index (χ0v) is 16.2. The van der Waals surface area contributed by atoms with Crippen molar-refractivity contribution in [1.82, 2.24) is 25.4 Å². The van der Waals surface area contributed by atoms with Crippen molar-refractivity contribution in [2.75, 3.05) is 5.73 Å². The van der Waals surface area contributed by atoms with Gasteiger partial charge in [0.25, 0.3) is 11.8 Å². The van der Waals surface area contributed by atoms with E-state index in [4.69, 9.17) is 5.73 Å². The third-order valence-electron chi connectivity index (χ3n) is 5.59. The van der Waals surface area contributed by atoms with Crippen molar-refractivity contribution in [3.05, 3.63) is 41.5 Å². The number of rotatable bonds is 5. The highest BCUT2D eigenvalue weighted by Crippen LogP contribution is 2.38. The number of fused-ring (bicyclic) bond motifs is 2. The van der Waals surface area contributed by atoms with Gasteiger partial charge in [-0.3, -0.25) is 14.7 Å². The number of aromatic amines is 1. The maximum atomic E-state index is 12.9. The molecule has 28 heavy (non-hydrogen) atoms. The standard InChI is InChI=1S/C20H26N6O2/c1-11(2)7-13-8-17(25-24-13)19(27)23-16-9-14-4-6-18(16)26(14)20(28)15-5-3-12(21)10-22-15/h3,5,8,10-11,14,16,18H,4,6-7,9,21H2,1-2H3,(H,23,27)(H,24,25)/t14-,16-,18+/m1/s1. The number of carbonyl (C=O) groups is 2. The zero-order chi connectivity index (χ0) is 19.8. The Morgan fingerprint density at radius 3 is 2.86 bits per heavy atom. The number of nitrogens with two attached hydrogens (primary N) is 1. The van der Waals surface area contributed by atoms with Crippen molar-refractivity contribution in [3.63, 3.8) is 0 Å². The molecule has 0 spiro atoms. The van der Waals surface area contributed by atoms with Crippen LogP contribution in [-0.4, -0.2) is 50.0 Å². The predicted molar refractivity (Wildman–Crippen MR) is 105 cm³/mol. The van der Waals surface area contributed by atoms with E-state index in [1.54, 1.807) is 12.1 Å². The summed E-state index contributed by atoms with van der Waals surface area (Å²) in [6, 6.07) is 5.22. The minimum Gasteiger partial charge on any atom is -0.397 e. The van der Waals surface area contributed by atoms with Gasteiger partial charge in [0.1, 0.15) is 11.4 Å². The van der Waals surface area contributed by atoms with Crippen molar-refractivity contribution >= 4 is 17.5 Å². The average Bonchev–Trinajstić information content (AvgIpc) is 3.35. The van der Waals surface area contributed by atoms with E-state index in [2.05, 4.69) is 34.3 Å². The molecule has 8 heteroatoms. The Morgan fingerprint density at radius 2 is 2.14 bits per heavy atom. The van der Waals surface area contributed by atoms with E-state index >= 15 is 0 Å². The van der Waals surface area contributed by atoms with Gasteiger partial charge in [-0.15, -0.1) is 0 Å². The third-order valence-corrected chi connectivity index (χ3v) is 5.59. The molecule has 0 saturated carbocycles. The predicted octanol–water partition coefficient (Wildman–Crippen LogP) is 1.76. The Morgan fingerprint density at radius 1 is 1.32 bits per heavy atom. The van der Waals surface area contributed by atoms with Crippen molar-refractivity contribution in [2.45, 2.75) is 57.7 Å². The summed E-state index contributed by atoms with van der Waals surface area (Å²) in [4.78, 5) is 31.6. The van der Waals surface area contributed by atoms with Crippen LogP contribution >= 0.6 is 0 Å². The first kappa shape index (κ1) is 18.5. The molecule has 0 aromatic carbocycles. The van der Waals surface area contributed by atoms with Crippen LogP contribution in [-0.2, 0) is 6.42 Å². The number of nitrogen functional groups attached to an aromatic ring is 1. The van der Waals surface area contributed by atoms with E-state index in [0.29, 0.717) is 23.0 Å². The summed E-state index contributed by atoms with van der Waals surface area (Å²) in [5.74, 6) is 0.202. The van der Waals surface area contributed by atoms with E-state index in [1.165, 1.54) is 6.20 Å². The summed E-state index contributed by atoms with van der Waals surface area (Å²) in [6.45, 7) is 4.24. The molecular weight excluding hydrogens is 356 g/mol. The maximum Gasteiger partial charge on any atom is 0.273 e. The highest BCUT2D eigenvalue weighted by atomic mass is 16.2. The molecular formula is C20H26N6O2. The lowest BCUT2D eigenvalue weighted by Crippen LogP contribution is -2.45. The van der Waals surface area contributed by atoms with Crippen molar-refractivity contribution in [3.8, 4) is 0 Å². The van der Waals surface area contributed by atoms with Crippen LogP contribution in [0.25, 0.3) is 0 Å². The van der Waals surface area contributed by atoms with E-state index in [-0.39, 0.29) is 29.9 Å². The number of H-pyrrole nitrogens is 1. The molecule has 2 saturated heterocycles. The van der Waals surface area contributed by atoms with Crippen LogP contribution in [0.1, 0.15) is 59.8 Å². The molecule has 2 aliphatic heterocycles. The van der Waals surface area contributed by atoms with E-state index in [9.17, 15) is 9.59 Å². The molecule has 8 nitrogen and oxygen atoms in total. The van der Waals surface area contributed by atoms with Gasteiger partial charge in [-0.05, 0) is 49.8 Å². The first-order chi connectivity index (χ1) is 13.4. The molecule has 148 valence electrons. The quantitative estimate of drug-likeness (QED) is 0.728. The molecule has 2 amide bonds. The lowest BCUT2D eigenvalue weighted by Gasteiger charge is -2.24. The SMILES string of the molecule is CC(C)Cc1cc(C(=O)N[C@@H]2C[C@H]3CC[C@@H]2N3C(=O)c2ccc(N)cn2)n[nH]1. The van der Waals surface area contributed by atoms with Crippen molar-refractivity contribution < 1.29 is 9.59 Å². The Labute approximate surface area is 163 Å². The van der Waals surface area contributed by atoms with Crippen LogP contribution in [0.5, 0.6) is 0 Å². The zero-order valence-electron chi connectivity index (χ0n) is 16.2. The number of pyridine rings is 1. The fourth-order valence-corrected chi connectivity index (χ4v) is 4.39. The number of hydrogen-bond donors (Lipinski definition) is 3. The molecule has 2 fully saturated rings. The van der Waals surface area contributed by atoms with Gasteiger partial charge in [-0.25, -0.2) is 4.98 Å². The van der Waals surface area contributed by atoms with Gasteiger partial charge in [-0.2, -0.15) is 5.10 Å². The molecule has 2 aromatic heterocycles. The van der Waals surface area contributed by atoms with Gasteiger partial charge in [0.15, 0.2) is 0 Å². The van der Waals surface area contributed by atoms with Crippen LogP contribution in [0.2, 0.25) is 0 Å². The topological polar surface area (TPSA) is 117 Å². The summed E-state index contributed by atoms with van der Waals surface area (Å²) in [6.07, 6.45) is 4.95. The molecule has 0 radical (unpaired) electrons. The summed E-state index contributed by atoms with van der Waals surface area (Å²) >= 11 is 0. The summed E-state index contributed by atoms with van der Waals surface area (Å²) in [5, 5.41) is 10.2. The Balaban J connectivity index is 1.43. The molecule has 2 aliphatic rings. The van der Waals surface area contributed by atoms with Crippen LogP contribution < -0.4 is 11.1 Å². The number of hydrogen-bond acceptors (Lipinski definition) is 5. The van der Waals surface area contributed by atoms with Gasteiger partial charge in [0, 0.05) is 11.7 Å². The fourth-order valence-electron chi connectivity index (χ4n) is 4.39. The number of anilines is 1. The second-order valence-corrected chi connectivity index (χ2v) is 8.18. The van der Waals surface area contributed by atoms with Crippen molar-refractivity contribution in [2.24, 2.45) is 5.92 Å². The molecule has 0 unspecified atom stereocenters. The first-order valence-corrected chi connectivity index (χ1v) is 9.81. The highest BCUT2D eigenvalue weighted by Gasteiger charge is 2.49. The van der Waals surface area contributed by atoms with E-state index in [0.717, 1.165) is 31.4 Å². The number of amides is 2. The second-order valence-electron chi connectivity index (χ2n) is 8.18. The number of aromatic nitrogens is 3. The van der Waals surface area contributed by atoms with Crippen LogP contribution in [0.4, 0.5) is 5.69 Å². The fraction of sp³-hybridized carbons (Fsp3) is 0.500. The lowest BCUT2D eigenvalue weighted by molar-refractivity contribution is 0.0710. The van der Waals surface area contributed by atoms with Gasteiger partial charge >= 0.3 is 0 Å². The highest BCUT2D eigenvalue weighted by molar-refractivity contribution is 5.94. The van der Waals surface area contributed by atoms with Gasteiger partial charge in [0.2, 0.25) is 0 Å². The Bertz CT molecular complexity index is 875. The number of carbonyl (C=O) groups excluding carboxylic acids is 2. The van der Waals surface area contributed by atoms with E-state index < -0.39 is 0 Å². The Hall–Kier alpha value is -2.90. The number of nitrogens with one attached hydrogen (secondary N) is 2. The summed E-state index contributed by atoms with van der Waals surface area (Å²) in [5.41, 5.74) is 7.94. The second kappa shape index (κ2) is 7.26. The summed E-state index contributed by atoms with van der Waals surface area (Å²) in [7, 11) is 0. The molecule has 0 aliphatic carbocycles. The van der Waals surface area contributed by atoms with Crippen LogP contribution in [0, 0.1) is 5.92 Å². The third kappa shape index (κ3) is 3.46. The molecule has 4 N–H and O–H groups in total. The largest absolute Gasteiger partial charge is 0.397 e.